The molecule has 1 N–H and O–H groups in total. The summed E-state index contributed by atoms with van der Waals surface area (Å²) in [5.74, 6) is 0.978. The third kappa shape index (κ3) is 5.00. The van der Waals surface area contributed by atoms with Crippen molar-refractivity contribution in [3.8, 4) is 0 Å². The van der Waals surface area contributed by atoms with E-state index in [1.54, 1.807) is 0 Å². The standard InChI is InChI=1S/C16H29N3O2/c1-5-20-9-6-8-19-12-13(2)17-15(19)18-14-7-10-21-16(3,4)11-14/h12,14H,5-11H2,1-4H3,(H,17,18). The lowest BCUT2D eigenvalue weighted by atomic mass is 9.94. The maximum Gasteiger partial charge on any atom is 0.203 e. The van der Waals surface area contributed by atoms with Crippen LogP contribution in [-0.2, 0) is 16.0 Å². The number of imidazole rings is 1. The number of hydrogen-bond donors (Lipinski definition) is 1. The number of rotatable bonds is 7. The molecule has 1 saturated heterocycles. The van der Waals surface area contributed by atoms with Crippen molar-refractivity contribution in [1.82, 2.24) is 9.55 Å². The van der Waals surface area contributed by atoms with Gasteiger partial charge in [0.2, 0.25) is 5.95 Å². The first-order valence-corrected chi connectivity index (χ1v) is 8.02. The van der Waals surface area contributed by atoms with Crippen LogP contribution >= 0.6 is 0 Å². The lowest BCUT2D eigenvalue weighted by Gasteiger charge is -2.36. The van der Waals surface area contributed by atoms with Gasteiger partial charge in [0.05, 0.1) is 11.3 Å². The lowest BCUT2D eigenvalue weighted by molar-refractivity contribution is -0.0554. The van der Waals surface area contributed by atoms with E-state index in [1.807, 2.05) is 13.8 Å². The summed E-state index contributed by atoms with van der Waals surface area (Å²) in [6.07, 6.45) is 5.17. The van der Waals surface area contributed by atoms with Gasteiger partial charge in [-0.2, -0.15) is 0 Å². The second-order valence-electron chi connectivity index (χ2n) is 6.39. The Hall–Kier alpha value is -1.07. The number of aryl methyl sites for hydroxylation is 2. The van der Waals surface area contributed by atoms with E-state index in [9.17, 15) is 0 Å². The van der Waals surface area contributed by atoms with Crippen LogP contribution in [0.1, 0.15) is 45.7 Å². The van der Waals surface area contributed by atoms with Crippen LogP contribution in [0.15, 0.2) is 6.20 Å². The smallest absolute Gasteiger partial charge is 0.203 e. The van der Waals surface area contributed by atoms with Gasteiger partial charge in [-0.15, -0.1) is 0 Å². The van der Waals surface area contributed by atoms with Gasteiger partial charge in [-0.05, 0) is 47.0 Å². The molecular formula is C16H29N3O2. The molecule has 5 nitrogen and oxygen atoms in total. The van der Waals surface area contributed by atoms with E-state index < -0.39 is 0 Å². The molecule has 1 aromatic heterocycles. The first-order chi connectivity index (χ1) is 10.00. The molecule has 0 bridgehead atoms. The van der Waals surface area contributed by atoms with Crippen LogP contribution in [-0.4, -0.2) is 41.0 Å². The van der Waals surface area contributed by atoms with Gasteiger partial charge in [0.25, 0.3) is 0 Å². The fourth-order valence-electron chi connectivity index (χ4n) is 2.85. The zero-order valence-electron chi connectivity index (χ0n) is 13.8. The van der Waals surface area contributed by atoms with Crippen molar-refractivity contribution in [1.29, 1.82) is 0 Å². The normalized spacial score (nSPS) is 21.4. The van der Waals surface area contributed by atoms with Gasteiger partial charge in [0.15, 0.2) is 0 Å². The minimum atomic E-state index is -0.0443. The first kappa shape index (κ1) is 16.3. The van der Waals surface area contributed by atoms with E-state index in [-0.39, 0.29) is 5.60 Å². The zero-order valence-corrected chi connectivity index (χ0v) is 13.8. The Morgan fingerprint density at radius 1 is 1.52 bits per heavy atom. The van der Waals surface area contributed by atoms with E-state index in [4.69, 9.17) is 9.47 Å². The molecule has 120 valence electrons. The Morgan fingerprint density at radius 3 is 3.05 bits per heavy atom. The number of hydrogen-bond acceptors (Lipinski definition) is 4. The van der Waals surface area contributed by atoms with Gasteiger partial charge in [-0.3, -0.25) is 0 Å². The summed E-state index contributed by atoms with van der Waals surface area (Å²) in [6, 6.07) is 0.432. The molecule has 0 spiro atoms. The first-order valence-electron chi connectivity index (χ1n) is 8.02. The van der Waals surface area contributed by atoms with Crippen LogP contribution in [0.2, 0.25) is 0 Å². The summed E-state index contributed by atoms with van der Waals surface area (Å²) in [4.78, 5) is 4.62. The lowest BCUT2D eigenvalue weighted by Crippen LogP contribution is -2.40. The van der Waals surface area contributed by atoms with Crippen LogP contribution < -0.4 is 5.32 Å². The van der Waals surface area contributed by atoms with E-state index in [2.05, 4.69) is 34.9 Å². The fourth-order valence-corrected chi connectivity index (χ4v) is 2.85. The van der Waals surface area contributed by atoms with Crippen molar-refractivity contribution in [2.45, 2.75) is 65.1 Å². The summed E-state index contributed by atoms with van der Waals surface area (Å²) < 4.78 is 13.4. The Balaban J connectivity index is 1.92. The average Bonchev–Trinajstić information content (AvgIpc) is 2.74. The van der Waals surface area contributed by atoms with Gasteiger partial charge in [-0.1, -0.05) is 0 Å². The SMILES string of the molecule is CCOCCCn1cc(C)nc1NC1CCOC(C)(C)C1. The summed E-state index contributed by atoms with van der Waals surface area (Å²) >= 11 is 0. The number of ether oxygens (including phenoxy) is 2. The van der Waals surface area contributed by atoms with Gasteiger partial charge in [0.1, 0.15) is 0 Å². The molecule has 0 radical (unpaired) electrons. The Labute approximate surface area is 128 Å². The van der Waals surface area contributed by atoms with Crippen LogP contribution in [0.5, 0.6) is 0 Å². The Bertz CT molecular complexity index is 443. The quantitative estimate of drug-likeness (QED) is 0.786. The van der Waals surface area contributed by atoms with Gasteiger partial charge in [0, 0.05) is 38.6 Å². The third-order valence-corrected chi connectivity index (χ3v) is 3.82. The molecule has 2 rings (SSSR count). The molecule has 0 aliphatic carbocycles. The van der Waals surface area contributed by atoms with Gasteiger partial charge >= 0.3 is 0 Å². The molecule has 1 atom stereocenters. The molecule has 21 heavy (non-hydrogen) atoms. The van der Waals surface area contributed by atoms with E-state index >= 15 is 0 Å². The minimum Gasteiger partial charge on any atom is -0.382 e. The van der Waals surface area contributed by atoms with Crippen molar-refractivity contribution >= 4 is 5.95 Å². The molecule has 5 heteroatoms. The second-order valence-corrected chi connectivity index (χ2v) is 6.39. The number of nitrogens with one attached hydrogen (secondary N) is 1. The van der Waals surface area contributed by atoms with Crippen molar-refractivity contribution in [2.75, 3.05) is 25.1 Å². The Kier molecular flexibility index (Phi) is 5.65. The molecule has 1 fully saturated rings. The summed E-state index contributed by atoms with van der Waals surface area (Å²) in [6.45, 7) is 11.7. The van der Waals surface area contributed by atoms with Crippen LogP contribution in [0, 0.1) is 6.92 Å². The van der Waals surface area contributed by atoms with E-state index in [0.717, 1.165) is 57.3 Å². The molecule has 1 aromatic rings. The molecule has 1 unspecified atom stereocenters. The monoisotopic (exact) mass is 295 g/mol. The highest BCUT2D eigenvalue weighted by Gasteiger charge is 2.29. The second kappa shape index (κ2) is 7.27. The summed E-state index contributed by atoms with van der Waals surface area (Å²) in [7, 11) is 0. The fraction of sp³-hybridized carbons (Fsp3) is 0.812. The van der Waals surface area contributed by atoms with Crippen molar-refractivity contribution in [3.63, 3.8) is 0 Å². The van der Waals surface area contributed by atoms with Gasteiger partial charge < -0.3 is 19.4 Å². The summed E-state index contributed by atoms with van der Waals surface area (Å²) in [5.41, 5.74) is 1.01. The molecule has 1 aliphatic heterocycles. The highest BCUT2D eigenvalue weighted by Crippen LogP contribution is 2.26. The number of aromatic nitrogens is 2. The van der Waals surface area contributed by atoms with E-state index in [1.165, 1.54) is 0 Å². The molecule has 0 amide bonds. The maximum atomic E-state index is 5.78. The van der Waals surface area contributed by atoms with Crippen LogP contribution in [0.3, 0.4) is 0 Å². The molecule has 0 aromatic carbocycles. The van der Waals surface area contributed by atoms with Crippen LogP contribution in [0.25, 0.3) is 0 Å². The van der Waals surface area contributed by atoms with Crippen molar-refractivity contribution in [2.24, 2.45) is 0 Å². The van der Waals surface area contributed by atoms with Crippen LogP contribution in [0.4, 0.5) is 5.95 Å². The third-order valence-electron chi connectivity index (χ3n) is 3.82. The highest BCUT2D eigenvalue weighted by atomic mass is 16.5. The summed E-state index contributed by atoms with van der Waals surface area (Å²) in [5, 5.41) is 3.60. The zero-order chi connectivity index (χ0) is 15.3. The predicted octanol–water partition coefficient (Wildman–Crippen LogP) is 2.99. The predicted molar refractivity (Wildman–Crippen MR) is 84.7 cm³/mol. The minimum absolute atomic E-state index is 0.0443. The average molecular weight is 295 g/mol. The highest BCUT2D eigenvalue weighted by molar-refractivity contribution is 5.30. The van der Waals surface area contributed by atoms with E-state index in [0.29, 0.717) is 6.04 Å². The molecular weight excluding hydrogens is 266 g/mol. The molecule has 1 aliphatic rings. The van der Waals surface area contributed by atoms with Crippen molar-refractivity contribution in [3.05, 3.63) is 11.9 Å². The topological polar surface area (TPSA) is 48.3 Å². The molecule has 0 saturated carbocycles. The van der Waals surface area contributed by atoms with Crippen molar-refractivity contribution < 1.29 is 9.47 Å². The largest absolute Gasteiger partial charge is 0.382 e. The Morgan fingerprint density at radius 2 is 2.33 bits per heavy atom. The van der Waals surface area contributed by atoms with Gasteiger partial charge in [-0.25, -0.2) is 4.98 Å². The number of nitrogens with zero attached hydrogens (tertiary/aromatic N) is 2. The molecule has 2 heterocycles. The maximum absolute atomic E-state index is 5.78. The number of anilines is 1.